The Bertz CT molecular complexity index is 450. The lowest BCUT2D eigenvalue weighted by atomic mass is 10.0. The van der Waals surface area contributed by atoms with E-state index in [0.29, 0.717) is 12.1 Å². The third-order valence-electron chi connectivity index (χ3n) is 2.91. The first kappa shape index (κ1) is 15.4. The van der Waals surface area contributed by atoms with Crippen molar-refractivity contribution in [1.29, 1.82) is 0 Å². The fourth-order valence-corrected chi connectivity index (χ4v) is 1.54. The van der Waals surface area contributed by atoms with Gasteiger partial charge in [0.15, 0.2) is 11.6 Å². The minimum atomic E-state index is -1.23. The Morgan fingerprint density at radius 3 is 2.79 bits per heavy atom. The van der Waals surface area contributed by atoms with Crippen LogP contribution in [0.15, 0.2) is 18.2 Å². The van der Waals surface area contributed by atoms with Crippen molar-refractivity contribution in [3.63, 3.8) is 0 Å². The molecule has 0 saturated carbocycles. The van der Waals surface area contributed by atoms with Crippen molar-refractivity contribution in [2.45, 2.75) is 32.7 Å². The number of carbonyl (C=O) groups is 1. The highest BCUT2D eigenvalue weighted by Gasteiger charge is 2.33. The van der Waals surface area contributed by atoms with Gasteiger partial charge in [-0.1, -0.05) is 19.1 Å². The lowest BCUT2D eigenvalue weighted by molar-refractivity contribution is -0.145. The molecular formula is C14H20FNO3. The van der Waals surface area contributed by atoms with E-state index in [4.69, 9.17) is 4.74 Å². The molecule has 0 aliphatic heterocycles. The highest BCUT2D eigenvalue weighted by atomic mass is 19.1. The van der Waals surface area contributed by atoms with Gasteiger partial charge < -0.3 is 9.84 Å². The lowest BCUT2D eigenvalue weighted by Crippen LogP contribution is -2.54. The summed E-state index contributed by atoms with van der Waals surface area (Å²) in [6.45, 7) is 5.52. The molecule has 0 heterocycles. The number of carboxylic acids is 1. The summed E-state index contributed by atoms with van der Waals surface area (Å²) in [5.41, 5.74) is -0.761. The average Bonchev–Trinajstić information content (AvgIpc) is 2.38. The van der Waals surface area contributed by atoms with Crippen LogP contribution in [0.2, 0.25) is 0 Å². The van der Waals surface area contributed by atoms with Crippen molar-refractivity contribution in [2.75, 3.05) is 13.2 Å². The second kappa shape index (κ2) is 6.52. The first-order valence-electron chi connectivity index (χ1n) is 6.27. The van der Waals surface area contributed by atoms with Crippen LogP contribution in [-0.4, -0.2) is 29.8 Å². The highest BCUT2D eigenvalue weighted by molar-refractivity contribution is 5.78. The summed E-state index contributed by atoms with van der Waals surface area (Å²) in [4.78, 5) is 11.3. The van der Waals surface area contributed by atoms with E-state index < -0.39 is 17.3 Å². The molecule has 4 nitrogen and oxygen atoms in total. The molecule has 19 heavy (non-hydrogen) atoms. The van der Waals surface area contributed by atoms with E-state index in [2.05, 4.69) is 5.32 Å². The number of carboxylic acid groups (broad SMARTS) is 1. The molecule has 1 aromatic rings. The van der Waals surface area contributed by atoms with Gasteiger partial charge >= 0.3 is 5.97 Å². The summed E-state index contributed by atoms with van der Waals surface area (Å²) < 4.78 is 19.1. The van der Waals surface area contributed by atoms with Gasteiger partial charge in [0, 0.05) is 0 Å². The van der Waals surface area contributed by atoms with Gasteiger partial charge in [0.2, 0.25) is 0 Å². The van der Waals surface area contributed by atoms with Crippen LogP contribution in [-0.2, 0) is 4.79 Å². The number of hydrogen-bond donors (Lipinski definition) is 2. The first-order valence-corrected chi connectivity index (χ1v) is 6.27. The summed E-state index contributed by atoms with van der Waals surface area (Å²) >= 11 is 0. The van der Waals surface area contributed by atoms with Gasteiger partial charge in [-0.05, 0) is 38.4 Å². The van der Waals surface area contributed by atoms with Gasteiger partial charge in [-0.2, -0.15) is 0 Å². The normalized spacial score (nSPS) is 13.9. The quantitative estimate of drug-likeness (QED) is 0.797. The number of hydrogen-bond acceptors (Lipinski definition) is 3. The van der Waals surface area contributed by atoms with Crippen LogP contribution in [0.4, 0.5) is 4.39 Å². The molecule has 1 rings (SSSR count). The smallest absolute Gasteiger partial charge is 0.327 e. The molecular weight excluding hydrogens is 249 g/mol. The zero-order valence-corrected chi connectivity index (χ0v) is 11.5. The van der Waals surface area contributed by atoms with Crippen molar-refractivity contribution in [3.05, 3.63) is 29.6 Å². The Labute approximate surface area is 112 Å². The summed E-state index contributed by atoms with van der Waals surface area (Å²) in [6, 6.07) is 4.80. The Kier molecular flexibility index (Phi) is 5.30. The molecule has 0 radical (unpaired) electrons. The SMILES string of the molecule is CCCNC(C)(COc1cccc(C)c1F)C(=O)O. The molecule has 0 bridgehead atoms. The second-order valence-electron chi connectivity index (χ2n) is 4.74. The number of benzene rings is 1. The zero-order valence-electron chi connectivity index (χ0n) is 11.5. The molecule has 0 amide bonds. The Hall–Kier alpha value is -1.62. The molecule has 1 aromatic carbocycles. The minimum Gasteiger partial charge on any atom is -0.488 e. The molecule has 106 valence electrons. The van der Waals surface area contributed by atoms with E-state index in [1.54, 1.807) is 19.1 Å². The van der Waals surface area contributed by atoms with E-state index in [1.807, 2.05) is 6.92 Å². The Morgan fingerprint density at radius 2 is 2.21 bits per heavy atom. The molecule has 0 aliphatic carbocycles. The van der Waals surface area contributed by atoms with Gasteiger partial charge in [-0.15, -0.1) is 0 Å². The fourth-order valence-electron chi connectivity index (χ4n) is 1.54. The molecule has 0 aliphatic rings. The molecule has 0 fully saturated rings. The van der Waals surface area contributed by atoms with E-state index in [1.165, 1.54) is 13.0 Å². The number of aliphatic carboxylic acids is 1. The zero-order chi connectivity index (χ0) is 14.5. The van der Waals surface area contributed by atoms with Crippen LogP contribution in [0.1, 0.15) is 25.8 Å². The van der Waals surface area contributed by atoms with E-state index in [-0.39, 0.29) is 12.4 Å². The maximum Gasteiger partial charge on any atom is 0.327 e. The minimum absolute atomic E-state index is 0.0748. The van der Waals surface area contributed by atoms with Gasteiger partial charge in [-0.3, -0.25) is 10.1 Å². The molecule has 0 aromatic heterocycles. The number of nitrogens with one attached hydrogen (secondary N) is 1. The fraction of sp³-hybridized carbons (Fsp3) is 0.500. The summed E-state index contributed by atoms with van der Waals surface area (Å²) in [6.07, 6.45) is 0.807. The number of halogens is 1. The van der Waals surface area contributed by atoms with Crippen LogP contribution in [0.5, 0.6) is 5.75 Å². The average molecular weight is 269 g/mol. The van der Waals surface area contributed by atoms with Gasteiger partial charge in [0.05, 0.1) is 0 Å². The largest absolute Gasteiger partial charge is 0.488 e. The molecule has 1 atom stereocenters. The van der Waals surface area contributed by atoms with Crippen molar-refractivity contribution in [3.8, 4) is 5.75 Å². The number of aryl methyl sites for hydroxylation is 1. The highest BCUT2D eigenvalue weighted by Crippen LogP contribution is 2.21. The molecule has 0 saturated heterocycles. The maximum atomic E-state index is 13.7. The van der Waals surface area contributed by atoms with Crippen molar-refractivity contribution in [2.24, 2.45) is 0 Å². The molecule has 2 N–H and O–H groups in total. The number of ether oxygens (including phenoxy) is 1. The summed E-state index contributed by atoms with van der Waals surface area (Å²) in [7, 11) is 0. The summed E-state index contributed by atoms with van der Waals surface area (Å²) in [5.74, 6) is -1.40. The van der Waals surface area contributed by atoms with Crippen molar-refractivity contribution >= 4 is 5.97 Å². The molecule has 0 spiro atoms. The van der Waals surface area contributed by atoms with Gasteiger partial charge in [-0.25, -0.2) is 4.39 Å². The van der Waals surface area contributed by atoms with Crippen LogP contribution < -0.4 is 10.1 Å². The van der Waals surface area contributed by atoms with Crippen molar-refractivity contribution < 1.29 is 19.0 Å². The maximum absolute atomic E-state index is 13.7. The lowest BCUT2D eigenvalue weighted by Gasteiger charge is -2.26. The van der Waals surface area contributed by atoms with Gasteiger partial charge in [0.25, 0.3) is 0 Å². The standard InChI is InChI=1S/C14H20FNO3/c1-4-8-16-14(3,13(17)18)9-19-11-7-5-6-10(2)12(11)15/h5-7,16H,4,8-9H2,1-3H3,(H,17,18). The second-order valence-corrected chi connectivity index (χ2v) is 4.74. The third kappa shape index (κ3) is 3.92. The first-order chi connectivity index (χ1) is 8.90. The third-order valence-corrected chi connectivity index (χ3v) is 2.91. The Morgan fingerprint density at radius 1 is 1.53 bits per heavy atom. The molecule has 5 heteroatoms. The van der Waals surface area contributed by atoms with E-state index in [9.17, 15) is 14.3 Å². The van der Waals surface area contributed by atoms with Crippen LogP contribution in [0.25, 0.3) is 0 Å². The van der Waals surface area contributed by atoms with Crippen LogP contribution in [0.3, 0.4) is 0 Å². The Balaban J connectivity index is 2.76. The van der Waals surface area contributed by atoms with Crippen LogP contribution in [0, 0.1) is 12.7 Å². The van der Waals surface area contributed by atoms with Crippen LogP contribution >= 0.6 is 0 Å². The van der Waals surface area contributed by atoms with Crippen molar-refractivity contribution in [1.82, 2.24) is 5.32 Å². The van der Waals surface area contributed by atoms with E-state index in [0.717, 1.165) is 6.42 Å². The predicted octanol–water partition coefficient (Wildman–Crippen LogP) is 2.36. The topological polar surface area (TPSA) is 58.6 Å². The molecule has 1 unspecified atom stereocenters. The number of rotatable bonds is 7. The summed E-state index contributed by atoms with van der Waals surface area (Å²) in [5, 5.41) is 12.1. The monoisotopic (exact) mass is 269 g/mol. The van der Waals surface area contributed by atoms with Gasteiger partial charge in [0.1, 0.15) is 12.1 Å². The van der Waals surface area contributed by atoms with E-state index >= 15 is 0 Å². The predicted molar refractivity (Wildman–Crippen MR) is 71.0 cm³/mol.